The summed E-state index contributed by atoms with van der Waals surface area (Å²) >= 11 is 0. The molecule has 22 heavy (non-hydrogen) atoms. The van der Waals surface area contributed by atoms with Crippen LogP contribution in [0, 0.1) is 0 Å². The van der Waals surface area contributed by atoms with E-state index in [1.807, 2.05) is 13.0 Å². The predicted octanol–water partition coefficient (Wildman–Crippen LogP) is 2.74. The number of rotatable bonds is 4. The Morgan fingerprint density at radius 3 is 2.73 bits per heavy atom. The van der Waals surface area contributed by atoms with Gasteiger partial charge in [0.25, 0.3) is 0 Å². The number of alkyl halides is 1. The molecule has 0 N–H and O–H groups in total. The van der Waals surface area contributed by atoms with Crippen LogP contribution in [0.4, 0.5) is 10.2 Å². The first-order valence-corrected chi connectivity index (χ1v) is 7.51. The number of anilines is 1. The Labute approximate surface area is 129 Å². The number of aromatic nitrogens is 3. The first-order chi connectivity index (χ1) is 10.7. The van der Waals surface area contributed by atoms with Gasteiger partial charge in [0.15, 0.2) is 5.67 Å². The number of piperidine rings is 1. The standard InChI is InChI=1S/C16H19FN4O/c1-2-22-15-11-14(19-12-20-15)21-9-6-16(17,7-10-21)13-5-3-4-8-18-13/h3-5,8,11-12H,2,6-7,9-10H2,1H3. The van der Waals surface area contributed by atoms with Crippen LogP contribution in [-0.2, 0) is 5.67 Å². The van der Waals surface area contributed by atoms with Crippen molar-refractivity contribution in [2.75, 3.05) is 24.6 Å². The van der Waals surface area contributed by atoms with Gasteiger partial charge in [-0.3, -0.25) is 4.98 Å². The van der Waals surface area contributed by atoms with E-state index < -0.39 is 5.67 Å². The Balaban J connectivity index is 1.70. The van der Waals surface area contributed by atoms with Gasteiger partial charge >= 0.3 is 0 Å². The third kappa shape index (κ3) is 3.00. The minimum absolute atomic E-state index is 0.401. The number of pyridine rings is 1. The van der Waals surface area contributed by atoms with Crippen molar-refractivity contribution in [2.45, 2.75) is 25.4 Å². The van der Waals surface area contributed by atoms with Crippen LogP contribution in [0.2, 0.25) is 0 Å². The average Bonchev–Trinajstić information content (AvgIpc) is 2.57. The topological polar surface area (TPSA) is 51.1 Å². The van der Waals surface area contributed by atoms with Crippen LogP contribution in [0.1, 0.15) is 25.5 Å². The summed E-state index contributed by atoms with van der Waals surface area (Å²) in [6.45, 7) is 3.65. The molecule has 6 heteroatoms. The number of halogens is 1. The summed E-state index contributed by atoms with van der Waals surface area (Å²) in [5.41, 5.74) is -0.833. The highest BCUT2D eigenvalue weighted by molar-refractivity contribution is 5.41. The van der Waals surface area contributed by atoms with Gasteiger partial charge in [-0.15, -0.1) is 0 Å². The molecule has 0 spiro atoms. The molecule has 0 saturated carbocycles. The predicted molar refractivity (Wildman–Crippen MR) is 81.7 cm³/mol. The lowest BCUT2D eigenvalue weighted by molar-refractivity contribution is 0.119. The quantitative estimate of drug-likeness (QED) is 0.869. The van der Waals surface area contributed by atoms with Crippen LogP contribution in [0.3, 0.4) is 0 Å². The largest absolute Gasteiger partial charge is 0.478 e. The molecule has 1 saturated heterocycles. The number of ether oxygens (including phenoxy) is 1. The van der Waals surface area contributed by atoms with E-state index >= 15 is 4.39 Å². The SMILES string of the molecule is CCOc1cc(N2CCC(F)(c3ccccn3)CC2)ncn1. The van der Waals surface area contributed by atoms with E-state index in [1.165, 1.54) is 6.33 Å². The normalized spacial score (nSPS) is 17.3. The second kappa shape index (κ2) is 6.25. The summed E-state index contributed by atoms with van der Waals surface area (Å²) in [5.74, 6) is 1.33. The molecule has 2 aromatic heterocycles. The summed E-state index contributed by atoms with van der Waals surface area (Å²) in [6.07, 6.45) is 3.92. The van der Waals surface area contributed by atoms with Gasteiger partial charge < -0.3 is 9.64 Å². The Morgan fingerprint density at radius 1 is 1.23 bits per heavy atom. The van der Waals surface area contributed by atoms with Crippen LogP contribution in [0.15, 0.2) is 36.8 Å². The molecule has 0 atom stereocenters. The molecule has 0 amide bonds. The van der Waals surface area contributed by atoms with E-state index in [-0.39, 0.29) is 0 Å². The van der Waals surface area contributed by atoms with Crippen LogP contribution >= 0.6 is 0 Å². The zero-order valence-electron chi connectivity index (χ0n) is 12.6. The summed E-state index contributed by atoms with van der Waals surface area (Å²) in [4.78, 5) is 14.6. The molecule has 1 aliphatic heterocycles. The highest BCUT2D eigenvalue weighted by atomic mass is 19.1. The van der Waals surface area contributed by atoms with Crippen molar-refractivity contribution in [2.24, 2.45) is 0 Å². The molecule has 5 nitrogen and oxygen atoms in total. The fourth-order valence-electron chi connectivity index (χ4n) is 2.70. The Hall–Kier alpha value is -2.24. The van der Waals surface area contributed by atoms with Crippen molar-refractivity contribution in [3.8, 4) is 5.88 Å². The molecule has 3 rings (SSSR count). The first kappa shape index (κ1) is 14.7. The molecule has 0 unspecified atom stereocenters. The summed E-state index contributed by atoms with van der Waals surface area (Å²) in [5, 5.41) is 0. The second-order valence-corrected chi connectivity index (χ2v) is 5.31. The molecule has 1 aliphatic rings. The van der Waals surface area contributed by atoms with Crippen LogP contribution in [0.25, 0.3) is 0 Å². The maximum Gasteiger partial charge on any atom is 0.218 e. The van der Waals surface area contributed by atoms with Crippen LogP contribution < -0.4 is 9.64 Å². The minimum atomic E-state index is -1.35. The van der Waals surface area contributed by atoms with E-state index in [1.54, 1.807) is 24.4 Å². The maximum atomic E-state index is 15.0. The van der Waals surface area contributed by atoms with E-state index in [9.17, 15) is 0 Å². The van der Waals surface area contributed by atoms with E-state index in [0.717, 1.165) is 5.82 Å². The van der Waals surface area contributed by atoms with Gasteiger partial charge in [0, 0.05) is 38.2 Å². The fourth-order valence-corrected chi connectivity index (χ4v) is 2.70. The van der Waals surface area contributed by atoms with E-state index in [0.29, 0.717) is 44.1 Å². The highest BCUT2D eigenvalue weighted by Gasteiger charge is 2.37. The van der Waals surface area contributed by atoms with Crippen molar-refractivity contribution in [1.82, 2.24) is 15.0 Å². The highest BCUT2D eigenvalue weighted by Crippen LogP contribution is 2.36. The zero-order chi connectivity index (χ0) is 15.4. The van der Waals surface area contributed by atoms with E-state index in [2.05, 4.69) is 19.9 Å². The Morgan fingerprint density at radius 2 is 2.05 bits per heavy atom. The van der Waals surface area contributed by atoms with Crippen molar-refractivity contribution < 1.29 is 9.13 Å². The lowest BCUT2D eigenvalue weighted by atomic mass is 9.89. The lowest BCUT2D eigenvalue weighted by Crippen LogP contribution is -2.41. The van der Waals surface area contributed by atoms with E-state index in [4.69, 9.17) is 4.74 Å². The third-order valence-electron chi connectivity index (χ3n) is 3.92. The lowest BCUT2D eigenvalue weighted by Gasteiger charge is -2.36. The molecule has 0 aromatic carbocycles. The molecular weight excluding hydrogens is 283 g/mol. The summed E-state index contributed by atoms with van der Waals surface area (Å²) in [7, 11) is 0. The molecule has 2 aromatic rings. The molecular formula is C16H19FN4O. The van der Waals surface area contributed by atoms with Gasteiger partial charge in [-0.1, -0.05) is 6.07 Å². The van der Waals surface area contributed by atoms with Crippen molar-refractivity contribution in [1.29, 1.82) is 0 Å². The van der Waals surface area contributed by atoms with Crippen LogP contribution in [0.5, 0.6) is 5.88 Å². The molecule has 0 radical (unpaired) electrons. The molecule has 3 heterocycles. The van der Waals surface area contributed by atoms with Gasteiger partial charge in [-0.25, -0.2) is 14.4 Å². The molecule has 1 fully saturated rings. The number of hydrogen-bond acceptors (Lipinski definition) is 5. The van der Waals surface area contributed by atoms with Crippen molar-refractivity contribution >= 4 is 5.82 Å². The number of nitrogens with zero attached hydrogens (tertiary/aromatic N) is 4. The maximum absolute atomic E-state index is 15.0. The van der Waals surface area contributed by atoms with Gasteiger partial charge in [0.1, 0.15) is 12.1 Å². The smallest absolute Gasteiger partial charge is 0.218 e. The van der Waals surface area contributed by atoms with Gasteiger partial charge in [0.05, 0.1) is 12.3 Å². The fraction of sp³-hybridized carbons (Fsp3) is 0.438. The monoisotopic (exact) mass is 302 g/mol. The Kier molecular flexibility index (Phi) is 4.18. The number of hydrogen-bond donors (Lipinski definition) is 0. The third-order valence-corrected chi connectivity index (χ3v) is 3.92. The minimum Gasteiger partial charge on any atom is -0.478 e. The van der Waals surface area contributed by atoms with Gasteiger partial charge in [-0.05, 0) is 19.1 Å². The summed E-state index contributed by atoms with van der Waals surface area (Å²) in [6, 6.07) is 7.19. The first-order valence-electron chi connectivity index (χ1n) is 7.51. The molecule has 0 bridgehead atoms. The average molecular weight is 302 g/mol. The van der Waals surface area contributed by atoms with Gasteiger partial charge in [-0.2, -0.15) is 0 Å². The molecule has 0 aliphatic carbocycles. The van der Waals surface area contributed by atoms with Crippen molar-refractivity contribution in [3.63, 3.8) is 0 Å². The van der Waals surface area contributed by atoms with Crippen molar-refractivity contribution in [3.05, 3.63) is 42.5 Å². The Bertz CT molecular complexity index is 615. The summed E-state index contributed by atoms with van der Waals surface area (Å²) < 4.78 is 20.4. The van der Waals surface area contributed by atoms with Gasteiger partial charge in [0.2, 0.25) is 5.88 Å². The molecule has 116 valence electrons. The zero-order valence-corrected chi connectivity index (χ0v) is 12.6. The van der Waals surface area contributed by atoms with Crippen LogP contribution in [-0.4, -0.2) is 34.6 Å². The second-order valence-electron chi connectivity index (χ2n) is 5.31.